The molecule has 82 valence electrons. The molecule has 2 rings (SSSR count). The Morgan fingerprint density at radius 3 is 2.73 bits per heavy atom. The Morgan fingerprint density at radius 2 is 2.07 bits per heavy atom. The lowest BCUT2D eigenvalue weighted by Gasteiger charge is -2.30. The molecule has 0 amide bonds. The van der Waals surface area contributed by atoms with Gasteiger partial charge in [-0.15, -0.1) is 0 Å². The van der Waals surface area contributed by atoms with Gasteiger partial charge in [0.2, 0.25) is 0 Å². The number of aromatic hydroxyl groups is 2. The van der Waals surface area contributed by atoms with Crippen LogP contribution in [0.4, 0.5) is 0 Å². The first-order valence-corrected chi connectivity index (χ1v) is 5.03. The molecule has 4 N–H and O–H groups in total. The summed E-state index contributed by atoms with van der Waals surface area (Å²) in [6.45, 7) is 0. The van der Waals surface area contributed by atoms with E-state index in [2.05, 4.69) is 5.32 Å². The van der Waals surface area contributed by atoms with E-state index in [0.717, 1.165) is 12.0 Å². The fourth-order valence-corrected chi connectivity index (χ4v) is 2.18. The second kappa shape index (κ2) is 3.72. The van der Waals surface area contributed by atoms with Crippen LogP contribution in [0.5, 0.6) is 11.5 Å². The van der Waals surface area contributed by atoms with E-state index < -0.39 is 6.10 Å². The van der Waals surface area contributed by atoms with E-state index in [0.29, 0.717) is 12.0 Å². The van der Waals surface area contributed by atoms with Crippen molar-refractivity contribution in [2.75, 3.05) is 7.05 Å². The summed E-state index contributed by atoms with van der Waals surface area (Å²) in [7, 11) is 1.79. The third kappa shape index (κ3) is 1.66. The summed E-state index contributed by atoms with van der Waals surface area (Å²) in [5, 5.41) is 32.0. The van der Waals surface area contributed by atoms with Crippen molar-refractivity contribution in [3.05, 3.63) is 23.3 Å². The van der Waals surface area contributed by atoms with Crippen LogP contribution < -0.4 is 5.32 Å². The number of phenols is 2. The quantitative estimate of drug-likeness (QED) is 0.548. The van der Waals surface area contributed by atoms with Crippen molar-refractivity contribution in [1.29, 1.82) is 0 Å². The minimum atomic E-state index is -0.670. The largest absolute Gasteiger partial charge is 0.508 e. The molecule has 1 aromatic carbocycles. The maximum Gasteiger partial charge on any atom is 0.122 e. The fraction of sp³-hybridized carbons (Fsp3) is 0.455. The van der Waals surface area contributed by atoms with E-state index >= 15 is 0 Å². The predicted octanol–water partition coefficient (Wildman–Crippen LogP) is 0.665. The molecular weight excluding hydrogens is 194 g/mol. The number of benzene rings is 1. The number of hydrogen-bond acceptors (Lipinski definition) is 4. The molecule has 0 spiro atoms. The second-order valence-corrected chi connectivity index (χ2v) is 3.91. The van der Waals surface area contributed by atoms with Crippen molar-refractivity contribution < 1.29 is 15.3 Å². The lowest BCUT2D eigenvalue weighted by molar-refractivity contribution is 0.118. The summed E-state index contributed by atoms with van der Waals surface area (Å²) in [5.74, 6) is 0.0562. The maximum atomic E-state index is 9.99. The zero-order chi connectivity index (χ0) is 11.0. The van der Waals surface area contributed by atoms with Crippen LogP contribution in [0.2, 0.25) is 0 Å². The van der Waals surface area contributed by atoms with Crippen LogP contribution in [-0.4, -0.2) is 28.4 Å². The van der Waals surface area contributed by atoms with Crippen LogP contribution in [0, 0.1) is 0 Å². The topological polar surface area (TPSA) is 72.7 Å². The molecule has 4 heteroatoms. The van der Waals surface area contributed by atoms with Crippen LogP contribution in [0.1, 0.15) is 23.7 Å². The maximum absolute atomic E-state index is 9.99. The van der Waals surface area contributed by atoms with Gasteiger partial charge in [-0.3, -0.25) is 0 Å². The normalized spacial score (nSPS) is 24.9. The molecule has 0 heterocycles. The molecule has 1 aliphatic carbocycles. The SMILES string of the molecule is CNC1CCc2c(O)cc(O)cc2C1O. The molecule has 15 heavy (non-hydrogen) atoms. The van der Waals surface area contributed by atoms with Gasteiger partial charge in [0.1, 0.15) is 11.5 Å². The van der Waals surface area contributed by atoms with Gasteiger partial charge in [0.25, 0.3) is 0 Å². The Hall–Kier alpha value is -1.26. The smallest absolute Gasteiger partial charge is 0.122 e. The number of aliphatic hydroxyl groups is 1. The molecular formula is C11H15NO3. The standard InChI is InChI=1S/C11H15NO3/c1-12-9-3-2-7-8(11(9)15)4-6(13)5-10(7)14/h4-5,9,11-15H,2-3H2,1H3. The highest BCUT2D eigenvalue weighted by Crippen LogP contribution is 2.37. The van der Waals surface area contributed by atoms with E-state index in [4.69, 9.17) is 0 Å². The molecule has 0 saturated carbocycles. The number of aliphatic hydroxyl groups excluding tert-OH is 1. The first-order valence-electron chi connectivity index (χ1n) is 5.03. The first kappa shape index (κ1) is 10.3. The van der Waals surface area contributed by atoms with E-state index in [1.165, 1.54) is 12.1 Å². The van der Waals surface area contributed by atoms with Gasteiger partial charge in [-0.05, 0) is 31.5 Å². The first-order chi connectivity index (χ1) is 7.13. The third-order valence-corrected chi connectivity index (χ3v) is 3.02. The van der Waals surface area contributed by atoms with Gasteiger partial charge < -0.3 is 20.6 Å². The summed E-state index contributed by atoms with van der Waals surface area (Å²) in [6, 6.07) is 2.81. The number of hydrogen-bond donors (Lipinski definition) is 4. The van der Waals surface area contributed by atoms with Gasteiger partial charge in [-0.2, -0.15) is 0 Å². The van der Waals surface area contributed by atoms with Gasteiger partial charge in [-0.25, -0.2) is 0 Å². The summed E-state index contributed by atoms with van der Waals surface area (Å²) in [4.78, 5) is 0. The van der Waals surface area contributed by atoms with Crippen molar-refractivity contribution >= 4 is 0 Å². The molecule has 0 radical (unpaired) electrons. The minimum absolute atomic E-state index is 0.0120. The average Bonchev–Trinajstić information content (AvgIpc) is 2.19. The molecule has 4 nitrogen and oxygen atoms in total. The monoisotopic (exact) mass is 209 g/mol. The summed E-state index contributed by atoms with van der Waals surface area (Å²) < 4.78 is 0. The summed E-state index contributed by atoms with van der Waals surface area (Å²) >= 11 is 0. The Labute approximate surface area is 88.2 Å². The van der Waals surface area contributed by atoms with Crippen molar-refractivity contribution in [3.8, 4) is 11.5 Å². The van der Waals surface area contributed by atoms with Gasteiger partial charge >= 0.3 is 0 Å². The molecule has 0 aliphatic heterocycles. The Morgan fingerprint density at radius 1 is 1.33 bits per heavy atom. The van der Waals surface area contributed by atoms with E-state index in [1.807, 2.05) is 0 Å². The van der Waals surface area contributed by atoms with Crippen LogP contribution in [0.3, 0.4) is 0 Å². The van der Waals surface area contributed by atoms with Crippen molar-refractivity contribution in [2.24, 2.45) is 0 Å². The van der Waals surface area contributed by atoms with Crippen molar-refractivity contribution in [3.63, 3.8) is 0 Å². The van der Waals surface area contributed by atoms with Crippen LogP contribution in [0.15, 0.2) is 12.1 Å². The Bertz CT molecular complexity index is 378. The number of likely N-dealkylation sites (N-methyl/N-ethyl adjacent to an activating group) is 1. The summed E-state index contributed by atoms with van der Waals surface area (Å²) in [5.41, 5.74) is 1.37. The predicted molar refractivity (Wildman–Crippen MR) is 55.9 cm³/mol. The number of phenolic OH excluding ortho intramolecular Hbond substituents is 2. The molecule has 1 aliphatic rings. The van der Waals surface area contributed by atoms with Crippen LogP contribution >= 0.6 is 0 Å². The lowest BCUT2D eigenvalue weighted by atomic mass is 9.85. The second-order valence-electron chi connectivity index (χ2n) is 3.91. The fourth-order valence-electron chi connectivity index (χ4n) is 2.18. The average molecular weight is 209 g/mol. The van der Waals surface area contributed by atoms with E-state index in [9.17, 15) is 15.3 Å². The molecule has 0 saturated heterocycles. The zero-order valence-electron chi connectivity index (χ0n) is 8.57. The van der Waals surface area contributed by atoms with E-state index in [1.54, 1.807) is 7.05 Å². The lowest BCUT2D eigenvalue weighted by Crippen LogP contribution is -2.35. The molecule has 0 bridgehead atoms. The van der Waals surface area contributed by atoms with Crippen molar-refractivity contribution in [1.82, 2.24) is 5.32 Å². The minimum Gasteiger partial charge on any atom is -0.508 e. The van der Waals surface area contributed by atoms with Gasteiger partial charge in [0.15, 0.2) is 0 Å². The highest BCUT2D eigenvalue weighted by atomic mass is 16.3. The van der Waals surface area contributed by atoms with Gasteiger partial charge in [0, 0.05) is 17.7 Å². The summed E-state index contributed by atoms with van der Waals surface area (Å²) in [6.07, 6.45) is 0.823. The highest BCUT2D eigenvalue weighted by Gasteiger charge is 2.28. The Kier molecular flexibility index (Phi) is 2.54. The molecule has 0 fully saturated rings. The molecule has 0 aromatic heterocycles. The number of nitrogens with one attached hydrogen (secondary N) is 1. The molecule has 2 unspecified atom stereocenters. The van der Waals surface area contributed by atoms with E-state index in [-0.39, 0.29) is 17.5 Å². The van der Waals surface area contributed by atoms with Gasteiger partial charge in [-0.1, -0.05) is 0 Å². The molecule has 1 aromatic rings. The third-order valence-electron chi connectivity index (χ3n) is 3.02. The van der Waals surface area contributed by atoms with Crippen molar-refractivity contribution in [2.45, 2.75) is 25.0 Å². The highest BCUT2D eigenvalue weighted by molar-refractivity contribution is 5.48. The molecule has 2 atom stereocenters. The van der Waals surface area contributed by atoms with Crippen LogP contribution in [0.25, 0.3) is 0 Å². The zero-order valence-corrected chi connectivity index (χ0v) is 8.57. The number of rotatable bonds is 1. The van der Waals surface area contributed by atoms with Crippen LogP contribution in [-0.2, 0) is 6.42 Å². The Balaban J connectivity index is 2.46. The number of fused-ring (bicyclic) bond motifs is 1. The van der Waals surface area contributed by atoms with Gasteiger partial charge in [0.05, 0.1) is 6.10 Å².